The third-order valence-electron chi connectivity index (χ3n) is 2.50. The van der Waals surface area contributed by atoms with E-state index in [0.717, 1.165) is 6.42 Å². The zero-order valence-electron chi connectivity index (χ0n) is 10.5. The quantitative estimate of drug-likeness (QED) is 0.777. The number of hydrogen-bond donors (Lipinski definition) is 2. The summed E-state index contributed by atoms with van der Waals surface area (Å²) in [6, 6.07) is 6.84. The molecule has 1 atom stereocenters. The van der Waals surface area contributed by atoms with Crippen molar-refractivity contribution in [3.05, 3.63) is 29.8 Å². The third-order valence-corrected chi connectivity index (χ3v) is 3.57. The second-order valence-electron chi connectivity index (χ2n) is 3.97. The van der Waals surface area contributed by atoms with Crippen LogP contribution >= 0.6 is 11.8 Å². The van der Waals surface area contributed by atoms with Crippen molar-refractivity contribution in [3.8, 4) is 0 Å². The third kappa shape index (κ3) is 4.41. The molecule has 0 saturated heterocycles. The molecule has 0 spiro atoms. The predicted molar refractivity (Wildman–Crippen MR) is 72.0 cm³/mol. The molecule has 0 heterocycles. The Morgan fingerprint density at radius 1 is 1.39 bits per heavy atom. The van der Waals surface area contributed by atoms with Gasteiger partial charge in [-0.3, -0.25) is 4.79 Å². The Balaban J connectivity index is 2.58. The number of benzene rings is 1. The van der Waals surface area contributed by atoms with Crippen LogP contribution in [-0.4, -0.2) is 28.8 Å². The monoisotopic (exact) mass is 267 g/mol. The first-order valence-electron chi connectivity index (χ1n) is 5.79. The second kappa shape index (κ2) is 7.06. The molecule has 1 aromatic rings. The molecule has 1 amide bonds. The van der Waals surface area contributed by atoms with Crippen molar-refractivity contribution in [1.29, 1.82) is 0 Å². The van der Waals surface area contributed by atoms with Crippen LogP contribution in [0.3, 0.4) is 0 Å². The minimum atomic E-state index is -0.972. The zero-order chi connectivity index (χ0) is 13.5. The first-order valence-corrected chi connectivity index (χ1v) is 6.77. The Morgan fingerprint density at radius 2 is 2.06 bits per heavy atom. The van der Waals surface area contributed by atoms with Crippen LogP contribution in [0.4, 0.5) is 0 Å². The summed E-state index contributed by atoms with van der Waals surface area (Å²) in [7, 11) is 0. The molecule has 1 unspecified atom stereocenters. The van der Waals surface area contributed by atoms with Gasteiger partial charge in [0.05, 0.1) is 11.3 Å². The van der Waals surface area contributed by atoms with Gasteiger partial charge in [0.25, 0.3) is 0 Å². The van der Waals surface area contributed by atoms with Crippen molar-refractivity contribution in [2.24, 2.45) is 0 Å². The second-order valence-corrected chi connectivity index (χ2v) is 4.98. The van der Waals surface area contributed by atoms with Gasteiger partial charge in [0.2, 0.25) is 5.91 Å². The summed E-state index contributed by atoms with van der Waals surface area (Å²) in [5, 5.41) is 11.8. The van der Waals surface area contributed by atoms with Gasteiger partial charge in [-0.25, -0.2) is 4.79 Å². The normalized spacial score (nSPS) is 11.9. The molecule has 5 heteroatoms. The van der Waals surface area contributed by atoms with Gasteiger partial charge in [-0.2, -0.15) is 0 Å². The van der Waals surface area contributed by atoms with E-state index >= 15 is 0 Å². The standard InChI is InChI=1S/C13H17NO3S/c1-3-9(2)14-12(15)8-18-11-7-5-4-6-10(11)13(16)17/h4-7,9H,3,8H2,1-2H3,(H,14,15)(H,16,17). The summed E-state index contributed by atoms with van der Waals surface area (Å²) < 4.78 is 0. The Kier molecular flexibility index (Phi) is 5.71. The van der Waals surface area contributed by atoms with Crippen LogP contribution in [0.25, 0.3) is 0 Å². The number of carboxylic acids is 1. The fourth-order valence-electron chi connectivity index (χ4n) is 1.33. The number of rotatable bonds is 6. The number of carbonyl (C=O) groups is 2. The number of carbonyl (C=O) groups excluding carboxylic acids is 1. The van der Waals surface area contributed by atoms with Gasteiger partial charge in [-0.05, 0) is 25.5 Å². The Labute approximate surface area is 111 Å². The molecule has 0 fully saturated rings. The minimum absolute atomic E-state index is 0.0745. The van der Waals surface area contributed by atoms with Crippen LogP contribution < -0.4 is 5.32 Å². The molecule has 0 saturated carbocycles. The first-order chi connectivity index (χ1) is 8.54. The molecule has 98 valence electrons. The highest BCUT2D eigenvalue weighted by molar-refractivity contribution is 8.00. The maximum Gasteiger partial charge on any atom is 0.336 e. The highest BCUT2D eigenvalue weighted by Gasteiger charge is 2.11. The van der Waals surface area contributed by atoms with Crippen LogP contribution in [0.5, 0.6) is 0 Å². The minimum Gasteiger partial charge on any atom is -0.478 e. The molecule has 0 bridgehead atoms. The molecular formula is C13H17NO3S. The van der Waals surface area contributed by atoms with Crippen LogP contribution in [0.2, 0.25) is 0 Å². The van der Waals surface area contributed by atoms with E-state index in [0.29, 0.717) is 4.90 Å². The fourth-order valence-corrected chi connectivity index (χ4v) is 2.19. The van der Waals surface area contributed by atoms with E-state index in [1.54, 1.807) is 18.2 Å². The summed E-state index contributed by atoms with van der Waals surface area (Å²) in [4.78, 5) is 23.2. The number of hydrogen-bond acceptors (Lipinski definition) is 3. The van der Waals surface area contributed by atoms with Crippen LogP contribution in [-0.2, 0) is 4.79 Å². The van der Waals surface area contributed by atoms with Crippen molar-refractivity contribution >= 4 is 23.6 Å². The van der Waals surface area contributed by atoms with Crippen LogP contribution in [0, 0.1) is 0 Å². The van der Waals surface area contributed by atoms with E-state index in [-0.39, 0.29) is 23.3 Å². The molecule has 0 aromatic heterocycles. The molecule has 1 rings (SSSR count). The predicted octanol–water partition coefficient (Wildman–Crippen LogP) is 2.39. The molecular weight excluding hydrogens is 250 g/mol. The SMILES string of the molecule is CCC(C)NC(=O)CSc1ccccc1C(=O)O. The van der Waals surface area contributed by atoms with Crippen LogP contribution in [0.1, 0.15) is 30.6 Å². The smallest absolute Gasteiger partial charge is 0.336 e. The van der Waals surface area contributed by atoms with Gasteiger partial charge < -0.3 is 10.4 Å². The average molecular weight is 267 g/mol. The Morgan fingerprint density at radius 3 is 2.67 bits per heavy atom. The van der Waals surface area contributed by atoms with Gasteiger partial charge in [0, 0.05) is 10.9 Å². The van der Waals surface area contributed by atoms with E-state index in [2.05, 4.69) is 5.32 Å². The fraction of sp³-hybridized carbons (Fsp3) is 0.385. The number of aromatic carboxylic acids is 1. The molecule has 0 aliphatic heterocycles. The van der Waals surface area contributed by atoms with E-state index < -0.39 is 5.97 Å². The summed E-state index contributed by atoms with van der Waals surface area (Å²) in [5.74, 6) is -0.816. The summed E-state index contributed by atoms with van der Waals surface area (Å²) in [6.45, 7) is 3.94. The molecule has 0 aliphatic rings. The first kappa shape index (κ1) is 14.6. The molecule has 0 radical (unpaired) electrons. The summed E-state index contributed by atoms with van der Waals surface area (Å²) in [6.07, 6.45) is 0.877. The lowest BCUT2D eigenvalue weighted by atomic mass is 10.2. The van der Waals surface area contributed by atoms with Crippen molar-refractivity contribution in [3.63, 3.8) is 0 Å². The van der Waals surface area contributed by atoms with E-state index in [1.807, 2.05) is 13.8 Å². The van der Waals surface area contributed by atoms with E-state index in [4.69, 9.17) is 5.11 Å². The number of carboxylic acid groups (broad SMARTS) is 1. The summed E-state index contributed by atoms with van der Waals surface area (Å²) >= 11 is 1.24. The molecule has 0 aliphatic carbocycles. The van der Waals surface area contributed by atoms with Gasteiger partial charge >= 0.3 is 5.97 Å². The number of thioether (sulfide) groups is 1. The van der Waals surface area contributed by atoms with Crippen LogP contribution in [0.15, 0.2) is 29.2 Å². The lowest BCUT2D eigenvalue weighted by Gasteiger charge is -2.11. The largest absolute Gasteiger partial charge is 0.478 e. The Hall–Kier alpha value is -1.49. The van der Waals surface area contributed by atoms with Gasteiger partial charge in [0.15, 0.2) is 0 Å². The Bertz CT molecular complexity index is 434. The number of nitrogens with one attached hydrogen (secondary N) is 1. The average Bonchev–Trinajstić information content (AvgIpc) is 2.36. The number of amides is 1. The molecule has 2 N–H and O–H groups in total. The zero-order valence-corrected chi connectivity index (χ0v) is 11.3. The highest BCUT2D eigenvalue weighted by Crippen LogP contribution is 2.22. The topological polar surface area (TPSA) is 66.4 Å². The van der Waals surface area contributed by atoms with Crippen molar-refractivity contribution in [2.45, 2.75) is 31.2 Å². The maximum absolute atomic E-state index is 11.6. The van der Waals surface area contributed by atoms with Crippen molar-refractivity contribution in [1.82, 2.24) is 5.32 Å². The molecule has 1 aromatic carbocycles. The van der Waals surface area contributed by atoms with Gasteiger partial charge in [-0.15, -0.1) is 11.8 Å². The summed E-state index contributed by atoms with van der Waals surface area (Å²) in [5.41, 5.74) is 0.235. The lowest BCUT2D eigenvalue weighted by molar-refractivity contribution is -0.119. The van der Waals surface area contributed by atoms with Gasteiger partial charge in [-0.1, -0.05) is 19.1 Å². The van der Waals surface area contributed by atoms with Gasteiger partial charge in [0.1, 0.15) is 0 Å². The van der Waals surface area contributed by atoms with E-state index in [1.165, 1.54) is 17.8 Å². The van der Waals surface area contributed by atoms with Crippen molar-refractivity contribution < 1.29 is 14.7 Å². The highest BCUT2D eigenvalue weighted by atomic mass is 32.2. The maximum atomic E-state index is 11.6. The lowest BCUT2D eigenvalue weighted by Crippen LogP contribution is -2.33. The molecule has 4 nitrogen and oxygen atoms in total. The van der Waals surface area contributed by atoms with E-state index in [9.17, 15) is 9.59 Å². The molecule has 18 heavy (non-hydrogen) atoms. The van der Waals surface area contributed by atoms with Crippen molar-refractivity contribution in [2.75, 3.05) is 5.75 Å².